The minimum absolute atomic E-state index is 1.02. The summed E-state index contributed by atoms with van der Waals surface area (Å²) in [5.41, 5.74) is 4.29. The molecule has 0 unspecified atom stereocenters. The quantitative estimate of drug-likeness (QED) is 0.754. The van der Waals surface area contributed by atoms with Crippen LogP contribution in [0.4, 0.5) is 5.69 Å². The fraction of sp³-hybridized carbons (Fsp3) is 0.200. The van der Waals surface area contributed by atoms with Crippen molar-refractivity contribution in [3.63, 3.8) is 0 Å². The number of nitrogens with zero attached hydrogens (tertiary/aromatic N) is 1. The van der Waals surface area contributed by atoms with Gasteiger partial charge in [-0.15, -0.1) is 0 Å². The maximum absolute atomic E-state index is 2.47. The molecule has 0 saturated carbocycles. The highest BCUT2D eigenvalue weighted by Gasteiger charge is 2.18. The van der Waals surface area contributed by atoms with Crippen LogP contribution in [0.5, 0.6) is 0 Å². The fourth-order valence-electron chi connectivity index (χ4n) is 2.41. The van der Waals surface area contributed by atoms with Crippen LogP contribution in [-0.2, 0) is 13.0 Å². The molecule has 0 bridgehead atoms. The molecule has 0 atom stereocenters. The van der Waals surface area contributed by atoms with Crippen LogP contribution >= 0.6 is 22.6 Å². The Balaban J connectivity index is 1.85. The van der Waals surface area contributed by atoms with E-state index >= 15 is 0 Å². The summed E-state index contributed by atoms with van der Waals surface area (Å²) < 4.78 is 1.34. The summed E-state index contributed by atoms with van der Waals surface area (Å²) in [6, 6.07) is 17.5. The van der Waals surface area contributed by atoms with E-state index < -0.39 is 0 Å². The predicted octanol–water partition coefficient (Wildman–Crippen LogP) is 3.85. The maximum atomic E-state index is 2.47. The van der Waals surface area contributed by atoms with Gasteiger partial charge < -0.3 is 4.90 Å². The van der Waals surface area contributed by atoms with E-state index in [1.165, 1.54) is 26.8 Å². The third-order valence-electron chi connectivity index (χ3n) is 3.25. The van der Waals surface area contributed by atoms with Gasteiger partial charge in [0.1, 0.15) is 0 Å². The Labute approximate surface area is 116 Å². The molecular formula is C15H14IN. The van der Waals surface area contributed by atoms with Crippen molar-refractivity contribution in [1.82, 2.24) is 0 Å². The predicted molar refractivity (Wildman–Crippen MR) is 80.4 cm³/mol. The summed E-state index contributed by atoms with van der Waals surface area (Å²) >= 11 is 2.39. The lowest BCUT2D eigenvalue weighted by Crippen LogP contribution is -2.19. The van der Waals surface area contributed by atoms with Gasteiger partial charge in [-0.3, -0.25) is 0 Å². The molecule has 3 rings (SSSR count). The molecular weight excluding hydrogens is 321 g/mol. The summed E-state index contributed by atoms with van der Waals surface area (Å²) in [5, 5.41) is 0. The minimum Gasteiger partial charge on any atom is -0.367 e. The van der Waals surface area contributed by atoms with Crippen molar-refractivity contribution in [2.24, 2.45) is 0 Å². The van der Waals surface area contributed by atoms with Gasteiger partial charge in [0.2, 0.25) is 0 Å². The zero-order valence-corrected chi connectivity index (χ0v) is 11.7. The number of rotatable bonds is 2. The molecule has 1 aliphatic rings. The van der Waals surface area contributed by atoms with Gasteiger partial charge in [-0.25, -0.2) is 0 Å². The van der Waals surface area contributed by atoms with E-state index in [0.29, 0.717) is 0 Å². The second-order valence-electron chi connectivity index (χ2n) is 4.43. The molecule has 2 aromatic rings. The van der Waals surface area contributed by atoms with Crippen LogP contribution in [-0.4, -0.2) is 6.54 Å². The monoisotopic (exact) mass is 335 g/mol. The van der Waals surface area contributed by atoms with Gasteiger partial charge in [-0.2, -0.15) is 0 Å². The molecule has 0 amide bonds. The Morgan fingerprint density at radius 3 is 2.71 bits per heavy atom. The van der Waals surface area contributed by atoms with Crippen LogP contribution in [0.15, 0.2) is 48.5 Å². The van der Waals surface area contributed by atoms with E-state index in [2.05, 4.69) is 76.0 Å². The summed E-state index contributed by atoms with van der Waals surface area (Å²) in [6.45, 7) is 2.17. The van der Waals surface area contributed by atoms with E-state index in [0.717, 1.165) is 13.1 Å². The summed E-state index contributed by atoms with van der Waals surface area (Å²) in [6.07, 6.45) is 1.18. The third-order valence-corrected chi connectivity index (χ3v) is 3.92. The zero-order valence-electron chi connectivity index (χ0n) is 9.57. The standard InChI is InChI=1S/C15H14IN/c16-14-6-7-15-13(10-14)8-9-17(15)11-12-4-2-1-3-5-12/h1-7,10H,8-9,11H2. The van der Waals surface area contributed by atoms with E-state index in [1.807, 2.05) is 0 Å². The number of hydrogen-bond donors (Lipinski definition) is 0. The van der Waals surface area contributed by atoms with Crippen LogP contribution < -0.4 is 4.90 Å². The van der Waals surface area contributed by atoms with Crippen LogP contribution in [0, 0.1) is 3.57 Å². The average molecular weight is 335 g/mol. The first-order valence-electron chi connectivity index (χ1n) is 5.90. The van der Waals surface area contributed by atoms with Gasteiger partial charge in [0.05, 0.1) is 0 Å². The SMILES string of the molecule is Ic1ccc2c(c1)CCN2Cc1ccccc1. The molecule has 0 saturated heterocycles. The molecule has 0 aliphatic carbocycles. The van der Waals surface area contributed by atoms with Crippen molar-refractivity contribution in [2.45, 2.75) is 13.0 Å². The van der Waals surface area contributed by atoms with E-state index in [4.69, 9.17) is 0 Å². The largest absolute Gasteiger partial charge is 0.367 e. The van der Waals surface area contributed by atoms with Gasteiger partial charge in [-0.05, 0) is 58.3 Å². The number of hydrogen-bond acceptors (Lipinski definition) is 1. The highest BCUT2D eigenvalue weighted by molar-refractivity contribution is 14.1. The van der Waals surface area contributed by atoms with Crippen molar-refractivity contribution in [3.05, 3.63) is 63.2 Å². The first-order valence-corrected chi connectivity index (χ1v) is 6.98. The first-order chi connectivity index (χ1) is 8.33. The van der Waals surface area contributed by atoms with Crippen molar-refractivity contribution in [2.75, 3.05) is 11.4 Å². The van der Waals surface area contributed by atoms with Crippen molar-refractivity contribution >= 4 is 28.3 Å². The average Bonchev–Trinajstić information content (AvgIpc) is 2.73. The summed E-state index contributed by atoms with van der Waals surface area (Å²) in [4.78, 5) is 2.47. The molecule has 0 radical (unpaired) electrons. The maximum Gasteiger partial charge on any atom is 0.0429 e. The molecule has 2 aromatic carbocycles. The topological polar surface area (TPSA) is 3.24 Å². The fourth-order valence-corrected chi connectivity index (χ4v) is 2.96. The number of benzene rings is 2. The van der Waals surface area contributed by atoms with Gasteiger partial charge in [0.25, 0.3) is 0 Å². The molecule has 0 fully saturated rings. The van der Waals surface area contributed by atoms with Crippen LogP contribution in [0.1, 0.15) is 11.1 Å². The Hall–Kier alpha value is -1.03. The molecule has 2 heteroatoms. The number of fused-ring (bicyclic) bond motifs is 1. The lowest BCUT2D eigenvalue weighted by molar-refractivity contribution is 0.836. The smallest absolute Gasteiger partial charge is 0.0429 e. The lowest BCUT2D eigenvalue weighted by Gasteiger charge is -2.19. The number of anilines is 1. The molecule has 1 heterocycles. The molecule has 0 N–H and O–H groups in total. The van der Waals surface area contributed by atoms with Gasteiger partial charge in [0.15, 0.2) is 0 Å². The van der Waals surface area contributed by atoms with Gasteiger partial charge >= 0.3 is 0 Å². The third kappa shape index (κ3) is 2.32. The second kappa shape index (κ2) is 4.69. The van der Waals surface area contributed by atoms with Gasteiger partial charge in [-0.1, -0.05) is 30.3 Å². The molecule has 17 heavy (non-hydrogen) atoms. The highest BCUT2D eigenvalue weighted by atomic mass is 127. The van der Waals surface area contributed by atoms with Crippen LogP contribution in [0.25, 0.3) is 0 Å². The van der Waals surface area contributed by atoms with Crippen molar-refractivity contribution in [1.29, 1.82) is 0 Å². The van der Waals surface area contributed by atoms with Crippen molar-refractivity contribution in [3.8, 4) is 0 Å². The van der Waals surface area contributed by atoms with Crippen LogP contribution in [0.2, 0.25) is 0 Å². The normalized spacial score (nSPS) is 13.8. The zero-order chi connectivity index (χ0) is 11.7. The molecule has 1 nitrogen and oxygen atoms in total. The van der Waals surface area contributed by atoms with E-state index in [9.17, 15) is 0 Å². The highest BCUT2D eigenvalue weighted by Crippen LogP contribution is 2.30. The van der Waals surface area contributed by atoms with E-state index in [1.54, 1.807) is 0 Å². The molecule has 1 aliphatic heterocycles. The number of halogens is 1. The Morgan fingerprint density at radius 1 is 1.06 bits per heavy atom. The van der Waals surface area contributed by atoms with Gasteiger partial charge in [0, 0.05) is 22.3 Å². The molecule has 0 spiro atoms. The summed E-state index contributed by atoms with van der Waals surface area (Å²) in [7, 11) is 0. The first kappa shape index (κ1) is 11.1. The van der Waals surface area contributed by atoms with E-state index in [-0.39, 0.29) is 0 Å². The van der Waals surface area contributed by atoms with Crippen molar-refractivity contribution < 1.29 is 0 Å². The summed E-state index contributed by atoms with van der Waals surface area (Å²) in [5.74, 6) is 0. The van der Waals surface area contributed by atoms with Crippen LogP contribution in [0.3, 0.4) is 0 Å². The Bertz CT molecular complexity index is 522. The lowest BCUT2D eigenvalue weighted by atomic mass is 10.1. The second-order valence-corrected chi connectivity index (χ2v) is 5.68. The minimum atomic E-state index is 1.02. The molecule has 86 valence electrons. The Kier molecular flexibility index (Phi) is 3.05. The Morgan fingerprint density at radius 2 is 1.88 bits per heavy atom. The molecule has 0 aromatic heterocycles.